The maximum Gasteiger partial charge on any atom is 0.128 e. The molecular formula is C30H42N8. The van der Waals surface area contributed by atoms with Crippen LogP contribution >= 0.6 is 0 Å². The van der Waals surface area contributed by atoms with Gasteiger partial charge >= 0.3 is 0 Å². The van der Waals surface area contributed by atoms with E-state index in [2.05, 4.69) is 103 Å². The first kappa shape index (κ1) is 25.5. The number of amidine groups is 2. The minimum atomic E-state index is 0.445. The fourth-order valence-electron chi connectivity index (χ4n) is 5.86. The van der Waals surface area contributed by atoms with Crippen LogP contribution in [-0.4, -0.2) is 109 Å². The van der Waals surface area contributed by atoms with Crippen molar-refractivity contribution in [3.63, 3.8) is 0 Å². The second-order valence-electron chi connectivity index (χ2n) is 11.3. The summed E-state index contributed by atoms with van der Waals surface area (Å²) < 4.78 is 0. The molecule has 2 fully saturated rings. The van der Waals surface area contributed by atoms with Crippen molar-refractivity contribution in [1.82, 2.24) is 30.5 Å². The minimum absolute atomic E-state index is 0.445. The first-order chi connectivity index (χ1) is 18.6. The molecule has 0 bridgehead atoms. The quantitative estimate of drug-likeness (QED) is 0.590. The lowest BCUT2D eigenvalue weighted by atomic mass is 10.1. The van der Waals surface area contributed by atoms with Crippen LogP contribution in [0.25, 0.3) is 0 Å². The summed E-state index contributed by atoms with van der Waals surface area (Å²) in [5, 5.41) is 12.1. The Labute approximate surface area is 227 Å². The molecule has 4 aliphatic heterocycles. The van der Waals surface area contributed by atoms with E-state index in [9.17, 15) is 0 Å². The van der Waals surface area contributed by atoms with Crippen LogP contribution in [0.4, 0.5) is 0 Å². The summed E-state index contributed by atoms with van der Waals surface area (Å²) in [5.41, 5.74) is 5.17. The zero-order valence-electron chi connectivity index (χ0n) is 22.9. The Hall–Kier alpha value is -2.78. The third-order valence-corrected chi connectivity index (χ3v) is 8.18. The van der Waals surface area contributed by atoms with Crippen LogP contribution < -0.4 is 10.6 Å². The van der Waals surface area contributed by atoms with Crippen molar-refractivity contribution in [3.05, 3.63) is 70.8 Å². The van der Waals surface area contributed by atoms with E-state index in [-0.39, 0.29) is 0 Å². The number of nitrogens with one attached hydrogen (secondary N) is 2. The van der Waals surface area contributed by atoms with Crippen LogP contribution in [0.1, 0.15) is 36.1 Å². The number of hydrogen-bond acceptors (Lipinski definition) is 8. The van der Waals surface area contributed by atoms with Crippen LogP contribution in [0.2, 0.25) is 0 Å². The van der Waals surface area contributed by atoms with Gasteiger partial charge in [0.05, 0.1) is 13.1 Å². The molecule has 2 N–H and O–H groups in total. The van der Waals surface area contributed by atoms with Crippen LogP contribution in [-0.2, 0) is 13.1 Å². The fraction of sp³-hybridized carbons (Fsp3) is 0.533. The number of benzene rings is 2. The number of nitrogens with zero attached hydrogens (tertiary/aromatic N) is 6. The van der Waals surface area contributed by atoms with Gasteiger partial charge in [-0.25, -0.2) is 10.0 Å². The highest BCUT2D eigenvalue weighted by Gasteiger charge is 2.26. The van der Waals surface area contributed by atoms with Gasteiger partial charge in [-0.05, 0) is 25.0 Å². The summed E-state index contributed by atoms with van der Waals surface area (Å²) in [6.45, 7) is 17.1. The zero-order valence-corrected chi connectivity index (χ0v) is 22.9. The van der Waals surface area contributed by atoms with E-state index < -0.39 is 0 Å². The normalized spacial score (nSPS) is 25.6. The van der Waals surface area contributed by atoms with Crippen molar-refractivity contribution in [2.24, 2.45) is 9.98 Å². The van der Waals surface area contributed by atoms with Gasteiger partial charge in [0.25, 0.3) is 0 Å². The SMILES string of the molecule is CC1CN=C(c2ccc(CN3CCN(N4CCN(Cc5ccc(C6=NCC(C)N6)cc5)CC4)CC3)cc2)N1. The van der Waals surface area contributed by atoms with E-state index in [1.54, 1.807) is 0 Å². The van der Waals surface area contributed by atoms with Gasteiger partial charge < -0.3 is 10.6 Å². The Morgan fingerprint density at radius 3 is 1.26 bits per heavy atom. The summed E-state index contributed by atoms with van der Waals surface area (Å²) in [5.74, 6) is 2.08. The van der Waals surface area contributed by atoms with Crippen molar-refractivity contribution in [1.29, 1.82) is 0 Å². The highest BCUT2D eigenvalue weighted by Crippen LogP contribution is 2.16. The number of piperazine rings is 2. The van der Waals surface area contributed by atoms with Gasteiger partial charge in [0.2, 0.25) is 0 Å². The minimum Gasteiger partial charge on any atom is -0.366 e. The predicted molar refractivity (Wildman–Crippen MR) is 155 cm³/mol. The topological polar surface area (TPSA) is 61.7 Å². The Morgan fingerprint density at radius 1 is 0.579 bits per heavy atom. The molecule has 0 radical (unpaired) electrons. The highest BCUT2D eigenvalue weighted by molar-refractivity contribution is 6.00. The van der Waals surface area contributed by atoms with Crippen molar-refractivity contribution < 1.29 is 0 Å². The molecule has 8 nitrogen and oxygen atoms in total. The molecule has 0 aliphatic carbocycles. The van der Waals surface area contributed by atoms with Crippen molar-refractivity contribution in [2.75, 3.05) is 65.4 Å². The molecule has 2 aromatic rings. The van der Waals surface area contributed by atoms with Gasteiger partial charge in [-0.2, -0.15) is 0 Å². The molecule has 2 saturated heterocycles. The fourth-order valence-corrected chi connectivity index (χ4v) is 5.86. The van der Waals surface area contributed by atoms with Gasteiger partial charge in [-0.1, -0.05) is 48.5 Å². The Kier molecular flexibility index (Phi) is 7.74. The maximum absolute atomic E-state index is 4.61. The summed E-state index contributed by atoms with van der Waals surface area (Å²) in [7, 11) is 0. The van der Waals surface area contributed by atoms with E-state index >= 15 is 0 Å². The molecule has 8 heteroatoms. The van der Waals surface area contributed by atoms with Crippen LogP contribution in [0.15, 0.2) is 58.5 Å². The van der Waals surface area contributed by atoms with Gasteiger partial charge in [0.15, 0.2) is 0 Å². The smallest absolute Gasteiger partial charge is 0.128 e. The van der Waals surface area contributed by atoms with Crippen LogP contribution in [0.5, 0.6) is 0 Å². The summed E-state index contributed by atoms with van der Waals surface area (Å²) in [6, 6.07) is 18.8. The molecule has 4 heterocycles. The molecule has 0 spiro atoms. The Bertz CT molecular complexity index is 1030. The lowest BCUT2D eigenvalue weighted by molar-refractivity contribution is -0.0834. The third kappa shape index (κ3) is 6.10. The largest absolute Gasteiger partial charge is 0.366 e. The molecule has 6 rings (SSSR count). The molecule has 38 heavy (non-hydrogen) atoms. The summed E-state index contributed by atoms with van der Waals surface area (Å²) in [6.07, 6.45) is 0. The van der Waals surface area contributed by atoms with Crippen molar-refractivity contribution in [2.45, 2.75) is 39.0 Å². The van der Waals surface area contributed by atoms with Gasteiger partial charge in [0, 0.05) is 88.7 Å². The number of hydrazine groups is 1. The lowest BCUT2D eigenvalue weighted by Gasteiger charge is -2.44. The average molecular weight is 515 g/mol. The molecule has 2 atom stereocenters. The molecule has 0 saturated carbocycles. The number of aliphatic imine (C=N–C) groups is 2. The molecule has 202 valence electrons. The molecular weight excluding hydrogens is 472 g/mol. The van der Waals surface area contributed by atoms with E-state index in [1.165, 1.54) is 22.3 Å². The van der Waals surface area contributed by atoms with Crippen molar-refractivity contribution >= 4 is 11.7 Å². The average Bonchev–Trinajstić information content (AvgIpc) is 3.59. The third-order valence-electron chi connectivity index (χ3n) is 8.18. The molecule has 2 aromatic carbocycles. The first-order valence-corrected chi connectivity index (χ1v) is 14.3. The molecule has 0 aromatic heterocycles. The second kappa shape index (κ2) is 11.5. The Balaban J connectivity index is 0.917. The predicted octanol–water partition coefficient (Wildman–Crippen LogP) is 2.01. The number of hydrogen-bond donors (Lipinski definition) is 2. The standard InChI is InChI=1S/C30H42N8/c1-23-19-31-29(33-23)27-7-3-25(4-8-27)21-35-11-15-37(16-12-35)38-17-13-36(14-18-38)22-26-5-9-28(10-6-26)30-32-20-24(2)34-30/h3-10,23-24H,11-22H2,1-2H3,(H,31,33)(H,32,34). The lowest BCUT2D eigenvalue weighted by Crippen LogP contribution is -2.58. The maximum atomic E-state index is 4.61. The monoisotopic (exact) mass is 514 g/mol. The van der Waals surface area contributed by atoms with Crippen LogP contribution in [0, 0.1) is 0 Å². The molecule has 4 aliphatic rings. The van der Waals surface area contributed by atoms with E-state index in [0.717, 1.165) is 90.2 Å². The van der Waals surface area contributed by atoms with Gasteiger partial charge in [-0.15, -0.1) is 0 Å². The van der Waals surface area contributed by atoms with Gasteiger partial charge in [0.1, 0.15) is 11.7 Å². The molecule has 2 unspecified atom stereocenters. The Morgan fingerprint density at radius 2 is 0.947 bits per heavy atom. The van der Waals surface area contributed by atoms with E-state index in [4.69, 9.17) is 0 Å². The summed E-state index contributed by atoms with van der Waals surface area (Å²) >= 11 is 0. The van der Waals surface area contributed by atoms with E-state index in [0.29, 0.717) is 12.1 Å². The first-order valence-electron chi connectivity index (χ1n) is 14.3. The van der Waals surface area contributed by atoms with Gasteiger partial charge in [-0.3, -0.25) is 19.8 Å². The molecule has 0 amide bonds. The van der Waals surface area contributed by atoms with Crippen molar-refractivity contribution in [3.8, 4) is 0 Å². The second-order valence-corrected chi connectivity index (χ2v) is 11.3. The van der Waals surface area contributed by atoms with E-state index in [1.807, 2.05) is 0 Å². The highest BCUT2D eigenvalue weighted by atomic mass is 15.6. The van der Waals surface area contributed by atoms with Crippen LogP contribution in [0.3, 0.4) is 0 Å². The zero-order chi connectivity index (χ0) is 25.9. The number of rotatable bonds is 7. The summed E-state index contributed by atoms with van der Waals surface area (Å²) in [4.78, 5) is 14.4.